The Hall–Kier alpha value is -1.55. The van der Waals surface area contributed by atoms with Gasteiger partial charge in [0.25, 0.3) is 5.56 Å². The highest BCUT2D eigenvalue weighted by molar-refractivity contribution is 6.29. The van der Waals surface area contributed by atoms with Gasteiger partial charge in [0.2, 0.25) is 5.28 Å². The van der Waals surface area contributed by atoms with Gasteiger partial charge in [0.05, 0.1) is 12.9 Å². The Morgan fingerprint density at radius 1 is 1.60 bits per heavy atom. The van der Waals surface area contributed by atoms with Crippen molar-refractivity contribution in [2.24, 2.45) is 0 Å². The van der Waals surface area contributed by atoms with E-state index in [1.54, 1.807) is 0 Å². The first-order valence-electron chi connectivity index (χ1n) is 5.74. The second-order valence-corrected chi connectivity index (χ2v) is 4.68. The van der Waals surface area contributed by atoms with E-state index in [0.717, 1.165) is 10.9 Å². The van der Waals surface area contributed by atoms with Crippen LogP contribution in [0.2, 0.25) is 5.28 Å². The molecule has 108 valence electrons. The fourth-order valence-corrected chi connectivity index (χ4v) is 2.44. The van der Waals surface area contributed by atoms with Crippen molar-refractivity contribution in [3.05, 3.63) is 22.0 Å². The van der Waals surface area contributed by atoms with Gasteiger partial charge in [0, 0.05) is 0 Å². The van der Waals surface area contributed by atoms with Crippen molar-refractivity contribution in [3.63, 3.8) is 0 Å². The summed E-state index contributed by atoms with van der Waals surface area (Å²) in [5.74, 6) is 0. The van der Waals surface area contributed by atoms with Gasteiger partial charge >= 0.3 is 0 Å². The molecule has 2 aromatic heterocycles. The number of aromatic amines is 1. The zero-order valence-electron chi connectivity index (χ0n) is 9.90. The van der Waals surface area contributed by atoms with Crippen LogP contribution in [-0.2, 0) is 4.74 Å². The second-order valence-electron chi connectivity index (χ2n) is 4.34. The molecule has 0 amide bonds. The minimum atomic E-state index is -1.83. The van der Waals surface area contributed by atoms with Crippen LogP contribution in [0.15, 0.2) is 11.1 Å². The van der Waals surface area contributed by atoms with Crippen molar-refractivity contribution >= 4 is 22.8 Å². The van der Waals surface area contributed by atoms with Crippen LogP contribution >= 0.6 is 11.6 Å². The summed E-state index contributed by atoms with van der Waals surface area (Å²) in [6, 6.07) is 0. The average Bonchev–Trinajstić information content (AvgIpc) is 2.90. The van der Waals surface area contributed by atoms with Gasteiger partial charge in [-0.3, -0.25) is 9.36 Å². The van der Waals surface area contributed by atoms with Crippen LogP contribution in [0, 0.1) is 0 Å². The molecule has 10 heteroatoms. The van der Waals surface area contributed by atoms with E-state index < -0.39 is 36.8 Å². The molecule has 4 atom stereocenters. The number of ether oxygens (including phenoxy) is 1. The van der Waals surface area contributed by atoms with E-state index in [2.05, 4.69) is 15.0 Å². The summed E-state index contributed by atoms with van der Waals surface area (Å²) < 4.78 is 20.4. The van der Waals surface area contributed by atoms with Crippen molar-refractivity contribution in [2.75, 3.05) is 6.61 Å². The average molecular weight is 305 g/mol. The second kappa shape index (κ2) is 4.77. The number of alkyl halides is 1. The molecule has 0 radical (unpaired) electrons. The zero-order valence-corrected chi connectivity index (χ0v) is 10.7. The Labute approximate surface area is 115 Å². The lowest BCUT2D eigenvalue weighted by Crippen LogP contribution is -2.30. The molecule has 1 saturated heterocycles. The lowest BCUT2D eigenvalue weighted by Gasteiger charge is -2.15. The molecule has 0 spiro atoms. The number of fused-ring (bicyclic) bond motifs is 1. The number of halogens is 2. The summed E-state index contributed by atoms with van der Waals surface area (Å²) in [6.07, 6.45) is -4.59. The largest absolute Gasteiger partial charge is 0.394 e. The highest BCUT2D eigenvalue weighted by atomic mass is 35.5. The number of H-pyrrole nitrogens is 1. The molecule has 1 aliphatic rings. The third-order valence-electron chi connectivity index (χ3n) is 3.17. The molecular weight excluding hydrogens is 295 g/mol. The molecule has 1 unspecified atom stereocenters. The fourth-order valence-electron chi connectivity index (χ4n) is 2.18. The first-order valence-corrected chi connectivity index (χ1v) is 6.12. The Bertz CT molecular complexity index is 704. The quantitative estimate of drug-likeness (QED) is 0.636. The van der Waals surface area contributed by atoms with E-state index in [-0.39, 0.29) is 16.4 Å². The number of aliphatic hydroxyl groups is 2. The molecule has 0 aromatic carbocycles. The molecule has 3 rings (SSSR count). The number of imidazole rings is 1. The highest BCUT2D eigenvalue weighted by Gasteiger charge is 2.46. The standard InChI is InChI=1S/C10H10ClFN4O4/c11-10-15-5-7(13-2-14-8(5)19)16(10)9-4(12)6(18)3(1-17)20-9/h2-4,6,9,17-18H,1H2,(H,13,14,19)/t3-,4?,6+,9-/m1/s1. The Morgan fingerprint density at radius 2 is 2.35 bits per heavy atom. The predicted molar refractivity (Wildman–Crippen MR) is 65.1 cm³/mol. The van der Waals surface area contributed by atoms with E-state index in [1.807, 2.05) is 0 Å². The predicted octanol–water partition coefficient (Wildman–Crippen LogP) is -0.638. The number of rotatable bonds is 2. The summed E-state index contributed by atoms with van der Waals surface area (Å²) in [5, 5.41) is 18.4. The van der Waals surface area contributed by atoms with Crippen LogP contribution in [-0.4, -0.2) is 54.7 Å². The third-order valence-corrected chi connectivity index (χ3v) is 3.44. The number of hydrogen-bond acceptors (Lipinski definition) is 6. The number of nitrogens with one attached hydrogen (secondary N) is 1. The maximum atomic E-state index is 14.1. The maximum Gasteiger partial charge on any atom is 0.278 e. The molecule has 2 aromatic rings. The molecule has 0 aliphatic carbocycles. The van der Waals surface area contributed by atoms with Crippen LogP contribution in [0.3, 0.4) is 0 Å². The molecule has 1 aliphatic heterocycles. The van der Waals surface area contributed by atoms with Crippen molar-refractivity contribution in [1.29, 1.82) is 0 Å². The van der Waals surface area contributed by atoms with E-state index in [0.29, 0.717) is 0 Å². The van der Waals surface area contributed by atoms with E-state index in [1.165, 1.54) is 0 Å². The first kappa shape index (κ1) is 13.4. The van der Waals surface area contributed by atoms with Crippen LogP contribution in [0.4, 0.5) is 4.39 Å². The maximum absolute atomic E-state index is 14.1. The van der Waals surface area contributed by atoms with Crippen molar-refractivity contribution in [1.82, 2.24) is 19.5 Å². The Kier molecular flexibility index (Phi) is 3.21. The summed E-state index contributed by atoms with van der Waals surface area (Å²) in [6.45, 7) is -0.545. The summed E-state index contributed by atoms with van der Waals surface area (Å²) >= 11 is 5.89. The number of nitrogens with zero attached hydrogens (tertiary/aromatic N) is 3. The monoisotopic (exact) mass is 304 g/mol. The van der Waals surface area contributed by atoms with Crippen molar-refractivity contribution < 1.29 is 19.3 Å². The van der Waals surface area contributed by atoms with Crippen LogP contribution in [0.25, 0.3) is 11.2 Å². The van der Waals surface area contributed by atoms with Gasteiger partial charge < -0.3 is 19.9 Å². The molecule has 0 bridgehead atoms. The molecule has 3 N–H and O–H groups in total. The van der Waals surface area contributed by atoms with Crippen LogP contribution in [0.5, 0.6) is 0 Å². The number of aromatic nitrogens is 4. The summed E-state index contributed by atoms with van der Waals surface area (Å²) in [5.41, 5.74) is -0.546. The molecule has 8 nitrogen and oxygen atoms in total. The van der Waals surface area contributed by atoms with Gasteiger partial charge in [0.1, 0.15) is 12.2 Å². The highest BCUT2D eigenvalue weighted by Crippen LogP contribution is 2.35. The Balaban J connectivity index is 2.14. The number of aliphatic hydroxyl groups excluding tert-OH is 2. The fraction of sp³-hybridized carbons (Fsp3) is 0.500. The van der Waals surface area contributed by atoms with Gasteiger partial charge in [-0.25, -0.2) is 14.4 Å². The lowest BCUT2D eigenvalue weighted by atomic mass is 10.1. The molecule has 0 saturated carbocycles. The minimum Gasteiger partial charge on any atom is -0.394 e. The van der Waals surface area contributed by atoms with E-state index in [9.17, 15) is 14.3 Å². The summed E-state index contributed by atoms with van der Waals surface area (Å²) in [4.78, 5) is 21.6. The number of hydrogen-bond donors (Lipinski definition) is 3. The zero-order chi connectivity index (χ0) is 14.4. The van der Waals surface area contributed by atoms with Crippen LogP contribution in [0.1, 0.15) is 6.23 Å². The minimum absolute atomic E-state index is 0.0391. The SMILES string of the molecule is O=c1[nH]cnc2c1nc(Cl)n2[C@@H]1O[C@H](CO)[C@H](O)C1F. The molecular formula is C10H10ClFN4O4. The van der Waals surface area contributed by atoms with Gasteiger partial charge in [-0.1, -0.05) is 0 Å². The van der Waals surface area contributed by atoms with Gasteiger partial charge in [-0.15, -0.1) is 0 Å². The van der Waals surface area contributed by atoms with Gasteiger partial charge in [-0.2, -0.15) is 0 Å². The van der Waals surface area contributed by atoms with Gasteiger partial charge in [0.15, 0.2) is 23.6 Å². The van der Waals surface area contributed by atoms with Crippen molar-refractivity contribution in [2.45, 2.75) is 24.6 Å². The lowest BCUT2D eigenvalue weighted by molar-refractivity contribution is -0.0458. The smallest absolute Gasteiger partial charge is 0.278 e. The Morgan fingerprint density at radius 3 is 3.00 bits per heavy atom. The van der Waals surface area contributed by atoms with Gasteiger partial charge in [-0.05, 0) is 11.6 Å². The molecule has 3 heterocycles. The van der Waals surface area contributed by atoms with E-state index >= 15 is 0 Å². The molecule has 1 fully saturated rings. The summed E-state index contributed by atoms with van der Waals surface area (Å²) in [7, 11) is 0. The molecule has 20 heavy (non-hydrogen) atoms. The van der Waals surface area contributed by atoms with Crippen LogP contribution < -0.4 is 5.56 Å². The third kappa shape index (κ3) is 1.82. The normalized spacial score (nSPS) is 30.2. The van der Waals surface area contributed by atoms with E-state index in [4.69, 9.17) is 21.4 Å². The van der Waals surface area contributed by atoms with Crippen molar-refractivity contribution in [3.8, 4) is 0 Å². The first-order chi connectivity index (χ1) is 9.54. The topological polar surface area (TPSA) is 113 Å².